The molecule has 0 unspecified atom stereocenters. The Morgan fingerprint density at radius 2 is 1.85 bits per heavy atom. The highest BCUT2D eigenvalue weighted by atomic mass is 19.4. The Hall–Kier alpha value is -1.76. The van der Waals surface area contributed by atoms with Gasteiger partial charge in [0.05, 0.1) is 16.8 Å². The Morgan fingerprint density at radius 3 is 2.30 bits per heavy atom. The third-order valence-corrected chi connectivity index (χ3v) is 2.53. The van der Waals surface area contributed by atoms with E-state index in [0.29, 0.717) is 6.54 Å². The number of hydrazine groups is 1. The molecule has 0 saturated heterocycles. The number of rotatable bonds is 3. The molecule has 0 saturated carbocycles. The monoisotopic (exact) mass is 289 g/mol. The maximum Gasteiger partial charge on any atom is 0.416 e. The average Bonchev–Trinajstić information content (AvgIpc) is 2.33. The number of nitrogens with two attached hydrogens (primary N) is 1. The lowest BCUT2D eigenvalue weighted by Crippen LogP contribution is -2.33. The topological polar surface area (TPSA) is 67.2 Å². The van der Waals surface area contributed by atoms with Crippen LogP contribution in [0.2, 0.25) is 0 Å². The summed E-state index contributed by atoms with van der Waals surface area (Å²) in [6.07, 6.45) is -4.51. The molecule has 0 aliphatic rings. The zero-order valence-corrected chi connectivity index (χ0v) is 11.6. The van der Waals surface area contributed by atoms with Gasteiger partial charge in [0, 0.05) is 6.54 Å². The van der Waals surface area contributed by atoms with E-state index in [1.54, 1.807) is 0 Å². The molecular formula is C13H18F3N3O. The molecule has 1 aromatic carbocycles. The summed E-state index contributed by atoms with van der Waals surface area (Å²) in [4.78, 5) is 12.0. The smallest absolute Gasteiger partial charge is 0.351 e. The van der Waals surface area contributed by atoms with Crippen molar-refractivity contribution >= 4 is 11.6 Å². The maximum absolute atomic E-state index is 12.7. The van der Waals surface area contributed by atoms with Crippen LogP contribution in [-0.4, -0.2) is 12.5 Å². The van der Waals surface area contributed by atoms with Gasteiger partial charge in [-0.3, -0.25) is 10.6 Å². The number of amides is 1. The van der Waals surface area contributed by atoms with Crippen molar-refractivity contribution in [1.29, 1.82) is 0 Å². The largest absolute Gasteiger partial charge is 0.416 e. The number of halogens is 3. The fourth-order valence-electron chi connectivity index (χ4n) is 1.47. The highest BCUT2D eigenvalue weighted by molar-refractivity contribution is 5.99. The molecule has 0 heterocycles. The van der Waals surface area contributed by atoms with E-state index in [9.17, 15) is 18.0 Å². The third kappa shape index (κ3) is 4.41. The summed E-state index contributed by atoms with van der Waals surface area (Å²) in [5.41, 5.74) is 1.17. The van der Waals surface area contributed by atoms with Crippen molar-refractivity contribution in [3.05, 3.63) is 29.3 Å². The van der Waals surface area contributed by atoms with Gasteiger partial charge in [-0.05, 0) is 23.6 Å². The summed E-state index contributed by atoms with van der Waals surface area (Å²) in [5.74, 6) is 4.62. The molecule has 112 valence electrons. The van der Waals surface area contributed by atoms with Crippen molar-refractivity contribution in [2.45, 2.75) is 26.9 Å². The fraction of sp³-hybridized carbons (Fsp3) is 0.462. The van der Waals surface area contributed by atoms with Crippen LogP contribution in [0.3, 0.4) is 0 Å². The Balaban J connectivity index is 3.05. The van der Waals surface area contributed by atoms with Crippen LogP contribution in [-0.2, 0) is 6.18 Å². The second-order valence-corrected chi connectivity index (χ2v) is 5.65. The van der Waals surface area contributed by atoms with E-state index in [1.807, 2.05) is 20.8 Å². The Kier molecular flexibility index (Phi) is 4.65. The second kappa shape index (κ2) is 5.70. The van der Waals surface area contributed by atoms with Gasteiger partial charge in [0.25, 0.3) is 5.91 Å². The standard InChI is InChI=1S/C13H18F3N3O/c1-12(2,3)7-18-11(20)9-6-8(13(14,15)16)4-5-10(9)19-17/h4-6,19H,7,17H2,1-3H3,(H,18,20). The van der Waals surface area contributed by atoms with Gasteiger partial charge in [-0.1, -0.05) is 20.8 Å². The molecule has 0 spiro atoms. The molecule has 20 heavy (non-hydrogen) atoms. The van der Waals surface area contributed by atoms with Crippen LogP contribution in [0.5, 0.6) is 0 Å². The van der Waals surface area contributed by atoms with Crippen molar-refractivity contribution in [2.24, 2.45) is 11.3 Å². The van der Waals surface area contributed by atoms with E-state index in [1.165, 1.54) is 0 Å². The minimum atomic E-state index is -4.51. The normalized spacial score (nSPS) is 12.2. The van der Waals surface area contributed by atoms with E-state index in [0.717, 1.165) is 18.2 Å². The molecule has 1 amide bonds. The van der Waals surface area contributed by atoms with Crippen LogP contribution in [0.1, 0.15) is 36.7 Å². The summed E-state index contributed by atoms with van der Waals surface area (Å²) in [6.45, 7) is 6.05. The van der Waals surface area contributed by atoms with Gasteiger partial charge in [0.1, 0.15) is 0 Å². The maximum atomic E-state index is 12.7. The van der Waals surface area contributed by atoms with Crippen LogP contribution in [0.4, 0.5) is 18.9 Å². The third-order valence-electron chi connectivity index (χ3n) is 2.53. The molecule has 4 nitrogen and oxygen atoms in total. The lowest BCUT2D eigenvalue weighted by Gasteiger charge is -2.20. The summed E-state index contributed by atoms with van der Waals surface area (Å²) in [7, 11) is 0. The number of carbonyl (C=O) groups is 1. The van der Waals surface area contributed by atoms with Crippen molar-refractivity contribution < 1.29 is 18.0 Å². The van der Waals surface area contributed by atoms with E-state index >= 15 is 0 Å². The number of carbonyl (C=O) groups excluding carboxylic acids is 1. The highest BCUT2D eigenvalue weighted by Gasteiger charge is 2.31. The number of nitrogen functional groups attached to an aromatic ring is 1. The molecule has 0 radical (unpaired) electrons. The van der Waals surface area contributed by atoms with Gasteiger partial charge in [-0.25, -0.2) is 0 Å². The first kappa shape index (κ1) is 16.3. The molecule has 4 N–H and O–H groups in total. The summed E-state index contributed by atoms with van der Waals surface area (Å²) in [6, 6.07) is 2.79. The Labute approximate surface area is 115 Å². The highest BCUT2D eigenvalue weighted by Crippen LogP contribution is 2.31. The summed E-state index contributed by atoms with van der Waals surface area (Å²) >= 11 is 0. The fourth-order valence-corrected chi connectivity index (χ4v) is 1.47. The minimum Gasteiger partial charge on any atom is -0.351 e. The van der Waals surface area contributed by atoms with Crippen molar-refractivity contribution in [1.82, 2.24) is 5.32 Å². The van der Waals surface area contributed by atoms with E-state index in [2.05, 4.69) is 10.7 Å². The van der Waals surface area contributed by atoms with E-state index in [-0.39, 0.29) is 16.7 Å². The van der Waals surface area contributed by atoms with E-state index < -0.39 is 17.6 Å². The quantitative estimate of drug-likeness (QED) is 0.592. The molecule has 1 rings (SSSR count). The van der Waals surface area contributed by atoms with Gasteiger partial charge in [0.15, 0.2) is 0 Å². The molecule has 0 fully saturated rings. The van der Waals surface area contributed by atoms with Gasteiger partial charge in [-0.15, -0.1) is 0 Å². The lowest BCUT2D eigenvalue weighted by molar-refractivity contribution is -0.137. The number of alkyl halides is 3. The first-order valence-corrected chi connectivity index (χ1v) is 6.00. The van der Waals surface area contributed by atoms with Crippen LogP contribution in [0, 0.1) is 5.41 Å². The number of hydrogen-bond acceptors (Lipinski definition) is 3. The predicted octanol–water partition coefficient (Wildman–Crippen LogP) is 2.77. The molecule has 0 bridgehead atoms. The number of hydrogen-bond donors (Lipinski definition) is 3. The van der Waals surface area contributed by atoms with Crippen molar-refractivity contribution in [3.8, 4) is 0 Å². The first-order chi connectivity index (χ1) is 9.04. The van der Waals surface area contributed by atoms with Gasteiger partial charge >= 0.3 is 6.18 Å². The van der Waals surface area contributed by atoms with Crippen molar-refractivity contribution in [3.63, 3.8) is 0 Å². The van der Waals surface area contributed by atoms with Crippen LogP contribution < -0.4 is 16.6 Å². The van der Waals surface area contributed by atoms with Crippen LogP contribution in [0.15, 0.2) is 18.2 Å². The lowest BCUT2D eigenvalue weighted by atomic mass is 9.96. The zero-order chi connectivity index (χ0) is 15.6. The summed E-state index contributed by atoms with van der Waals surface area (Å²) in [5, 5.41) is 2.59. The number of nitrogens with one attached hydrogen (secondary N) is 2. The molecule has 0 aromatic heterocycles. The predicted molar refractivity (Wildman–Crippen MR) is 71.0 cm³/mol. The zero-order valence-electron chi connectivity index (χ0n) is 11.6. The average molecular weight is 289 g/mol. The second-order valence-electron chi connectivity index (χ2n) is 5.65. The molecule has 0 atom stereocenters. The molecular weight excluding hydrogens is 271 g/mol. The van der Waals surface area contributed by atoms with Gasteiger partial charge < -0.3 is 10.7 Å². The SMILES string of the molecule is CC(C)(C)CNC(=O)c1cc(C(F)(F)F)ccc1NN. The number of anilines is 1. The Bertz CT molecular complexity index is 493. The Morgan fingerprint density at radius 1 is 1.25 bits per heavy atom. The van der Waals surface area contributed by atoms with Gasteiger partial charge in [0.2, 0.25) is 0 Å². The summed E-state index contributed by atoms with van der Waals surface area (Å²) < 4.78 is 38.0. The molecule has 0 aliphatic heterocycles. The van der Waals surface area contributed by atoms with Crippen LogP contribution in [0.25, 0.3) is 0 Å². The minimum absolute atomic E-state index is 0.133. The molecule has 1 aromatic rings. The van der Waals surface area contributed by atoms with Crippen molar-refractivity contribution in [2.75, 3.05) is 12.0 Å². The molecule has 7 heteroatoms. The first-order valence-electron chi connectivity index (χ1n) is 6.00. The molecule has 0 aliphatic carbocycles. The van der Waals surface area contributed by atoms with E-state index in [4.69, 9.17) is 5.84 Å². The van der Waals surface area contributed by atoms with Gasteiger partial charge in [-0.2, -0.15) is 13.2 Å². The van der Waals surface area contributed by atoms with Crippen LogP contribution >= 0.6 is 0 Å². The number of benzene rings is 1.